The van der Waals surface area contributed by atoms with Gasteiger partial charge in [-0.25, -0.2) is 13.1 Å². The van der Waals surface area contributed by atoms with Crippen LogP contribution in [0.2, 0.25) is 0 Å². The number of carboxylic acids is 1. The maximum atomic E-state index is 12.0. The summed E-state index contributed by atoms with van der Waals surface area (Å²) in [6.07, 6.45) is 2.15. The van der Waals surface area contributed by atoms with Crippen LogP contribution in [0.4, 0.5) is 0 Å². The number of rotatable bonds is 9. The average molecular weight is 310 g/mol. The molecule has 1 rings (SSSR count). The maximum Gasteiger partial charge on any atom is 0.303 e. The van der Waals surface area contributed by atoms with Gasteiger partial charge >= 0.3 is 5.97 Å². The van der Waals surface area contributed by atoms with Gasteiger partial charge in [0, 0.05) is 13.0 Å². The van der Waals surface area contributed by atoms with Gasteiger partial charge in [0.2, 0.25) is 10.0 Å². The van der Waals surface area contributed by atoms with Crippen LogP contribution in [-0.4, -0.2) is 26.0 Å². The second-order valence-corrected chi connectivity index (χ2v) is 6.35. The molecule has 0 bridgehead atoms. The molecule has 0 aliphatic heterocycles. The summed E-state index contributed by atoms with van der Waals surface area (Å²) in [6.45, 7) is 0.280. The van der Waals surface area contributed by atoms with Crippen LogP contribution < -0.4 is 4.72 Å². The molecule has 0 aliphatic rings. The summed E-state index contributed by atoms with van der Waals surface area (Å²) >= 11 is 0. The molecule has 0 aliphatic carbocycles. The number of nitrogens with zero attached hydrogens (tertiary/aromatic N) is 1. The van der Waals surface area contributed by atoms with Gasteiger partial charge in [-0.3, -0.25) is 4.79 Å². The first-order valence-electron chi connectivity index (χ1n) is 6.63. The van der Waals surface area contributed by atoms with Crippen LogP contribution in [0.25, 0.3) is 0 Å². The number of nitriles is 1. The molecule has 0 heterocycles. The van der Waals surface area contributed by atoms with Crippen LogP contribution in [0.5, 0.6) is 0 Å². The molecule has 6 nitrogen and oxygen atoms in total. The molecule has 0 unspecified atom stereocenters. The Hall–Kier alpha value is -1.91. The number of aliphatic carboxylic acids is 1. The largest absolute Gasteiger partial charge is 0.481 e. The van der Waals surface area contributed by atoms with Gasteiger partial charge in [0.25, 0.3) is 0 Å². The lowest BCUT2D eigenvalue weighted by molar-refractivity contribution is -0.137. The predicted molar refractivity (Wildman–Crippen MR) is 77.1 cm³/mol. The molecule has 0 radical (unpaired) electrons. The van der Waals surface area contributed by atoms with E-state index in [0.29, 0.717) is 19.3 Å². The summed E-state index contributed by atoms with van der Waals surface area (Å²) < 4.78 is 26.4. The highest BCUT2D eigenvalue weighted by Gasteiger charge is 2.12. The van der Waals surface area contributed by atoms with Gasteiger partial charge < -0.3 is 5.11 Å². The fourth-order valence-electron chi connectivity index (χ4n) is 1.75. The van der Waals surface area contributed by atoms with Crippen molar-refractivity contribution in [3.05, 3.63) is 29.8 Å². The van der Waals surface area contributed by atoms with Gasteiger partial charge in [0.15, 0.2) is 0 Å². The molecule has 0 saturated carbocycles. The monoisotopic (exact) mass is 310 g/mol. The second kappa shape index (κ2) is 8.39. The zero-order valence-electron chi connectivity index (χ0n) is 11.6. The van der Waals surface area contributed by atoms with Crippen molar-refractivity contribution >= 4 is 16.0 Å². The highest BCUT2D eigenvalue weighted by Crippen LogP contribution is 2.11. The predicted octanol–water partition coefficient (Wildman–Crippen LogP) is 1.68. The van der Waals surface area contributed by atoms with Gasteiger partial charge in [-0.2, -0.15) is 5.26 Å². The van der Waals surface area contributed by atoms with E-state index in [2.05, 4.69) is 4.72 Å². The van der Waals surface area contributed by atoms with E-state index in [0.717, 1.165) is 5.56 Å². The van der Waals surface area contributed by atoms with Gasteiger partial charge in [-0.1, -0.05) is 18.6 Å². The zero-order chi connectivity index (χ0) is 15.7. The lowest BCUT2D eigenvalue weighted by Crippen LogP contribution is -2.24. The van der Waals surface area contributed by atoms with Crippen molar-refractivity contribution in [3.8, 4) is 6.07 Å². The number of hydrogen-bond donors (Lipinski definition) is 2. The fourth-order valence-corrected chi connectivity index (χ4v) is 2.82. The number of hydrogen-bond acceptors (Lipinski definition) is 4. The number of sulfonamides is 1. The summed E-state index contributed by atoms with van der Waals surface area (Å²) in [5.74, 6) is -0.840. The quantitative estimate of drug-likeness (QED) is 0.675. The Balaban J connectivity index is 2.43. The summed E-state index contributed by atoms with van der Waals surface area (Å²) in [7, 11) is -3.54. The first kappa shape index (κ1) is 17.1. The molecule has 7 heteroatoms. The Morgan fingerprint density at radius 1 is 1.19 bits per heavy atom. The van der Waals surface area contributed by atoms with Crippen molar-refractivity contribution in [1.29, 1.82) is 5.26 Å². The molecule has 0 saturated heterocycles. The van der Waals surface area contributed by atoms with Crippen LogP contribution in [0, 0.1) is 11.3 Å². The van der Waals surface area contributed by atoms with E-state index >= 15 is 0 Å². The third-order valence-corrected chi connectivity index (χ3v) is 4.35. The zero-order valence-corrected chi connectivity index (χ0v) is 12.4. The Bertz CT molecular complexity index is 603. The maximum absolute atomic E-state index is 12.0. The van der Waals surface area contributed by atoms with Gasteiger partial charge in [0.1, 0.15) is 0 Å². The Kier molecular flexibility index (Phi) is 6.85. The Morgan fingerprint density at radius 2 is 1.86 bits per heavy atom. The van der Waals surface area contributed by atoms with E-state index in [1.54, 1.807) is 12.1 Å². The SMILES string of the molecule is N#CCc1ccc(S(=O)(=O)NCCCCCC(=O)O)cc1. The van der Waals surface area contributed by atoms with Crippen LogP contribution in [0.15, 0.2) is 29.2 Å². The number of unbranched alkanes of at least 4 members (excludes halogenated alkanes) is 2. The van der Waals surface area contributed by atoms with Crippen molar-refractivity contribution in [2.24, 2.45) is 0 Å². The minimum Gasteiger partial charge on any atom is -0.481 e. The Morgan fingerprint density at radius 3 is 2.43 bits per heavy atom. The van der Waals surface area contributed by atoms with Crippen LogP contribution in [-0.2, 0) is 21.2 Å². The molecule has 1 aromatic carbocycles. The molecule has 0 aromatic heterocycles. The third-order valence-electron chi connectivity index (χ3n) is 2.88. The summed E-state index contributed by atoms with van der Waals surface area (Å²) in [4.78, 5) is 10.5. The number of carboxylic acid groups (broad SMARTS) is 1. The molecular weight excluding hydrogens is 292 g/mol. The van der Waals surface area contributed by atoms with E-state index in [-0.39, 0.29) is 24.3 Å². The van der Waals surface area contributed by atoms with Crippen LogP contribution in [0.3, 0.4) is 0 Å². The highest BCUT2D eigenvalue weighted by atomic mass is 32.2. The first-order chi connectivity index (χ1) is 9.95. The van der Waals surface area contributed by atoms with Crippen molar-refractivity contribution in [2.75, 3.05) is 6.54 Å². The molecule has 21 heavy (non-hydrogen) atoms. The highest BCUT2D eigenvalue weighted by molar-refractivity contribution is 7.89. The van der Waals surface area contributed by atoms with Crippen molar-refractivity contribution in [2.45, 2.75) is 37.0 Å². The van der Waals surface area contributed by atoms with Gasteiger partial charge in [-0.05, 0) is 30.5 Å². The number of benzene rings is 1. The lowest BCUT2D eigenvalue weighted by atomic mass is 10.2. The molecule has 0 amide bonds. The second-order valence-electron chi connectivity index (χ2n) is 4.58. The van der Waals surface area contributed by atoms with E-state index < -0.39 is 16.0 Å². The molecule has 0 spiro atoms. The van der Waals surface area contributed by atoms with Crippen LogP contribution >= 0.6 is 0 Å². The summed E-state index contributed by atoms with van der Waals surface area (Å²) in [5, 5.41) is 17.0. The van der Waals surface area contributed by atoms with Crippen molar-refractivity contribution in [3.63, 3.8) is 0 Å². The summed E-state index contributed by atoms with van der Waals surface area (Å²) in [6, 6.07) is 8.17. The van der Waals surface area contributed by atoms with Crippen molar-refractivity contribution < 1.29 is 18.3 Å². The molecular formula is C14H18N2O4S. The molecule has 1 aromatic rings. The molecule has 0 fully saturated rings. The first-order valence-corrected chi connectivity index (χ1v) is 8.11. The minimum absolute atomic E-state index is 0.104. The molecule has 114 valence electrons. The number of nitrogens with one attached hydrogen (secondary N) is 1. The minimum atomic E-state index is -3.54. The lowest BCUT2D eigenvalue weighted by Gasteiger charge is -2.07. The van der Waals surface area contributed by atoms with Crippen LogP contribution in [0.1, 0.15) is 31.2 Å². The average Bonchev–Trinajstić information content (AvgIpc) is 2.43. The van der Waals surface area contributed by atoms with E-state index in [1.165, 1.54) is 12.1 Å². The number of carbonyl (C=O) groups is 1. The molecule has 2 N–H and O–H groups in total. The standard InChI is InChI=1S/C14H18N2O4S/c15-10-9-12-5-7-13(8-6-12)21(19,20)16-11-3-1-2-4-14(17)18/h5-8,16H,1-4,9,11H2,(H,17,18). The van der Waals surface area contributed by atoms with Gasteiger partial charge in [-0.15, -0.1) is 0 Å². The Labute approximate surface area is 124 Å². The topological polar surface area (TPSA) is 107 Å². The smallest absolute Gasteiger partial charge is 0.303 e. The normalized spacial score (nSPS) is 11.0. The van der Waals surface area contributed by atoms with E-state index in [1.807, 2.05) is 6.07 Å². The fraction of sp³-hybridized carbons (Fsp3) is 0.429. The van der Waals surface area contributed by atoms with Crippen molar-refractivity contribution in [1.82, 2.24) is 4.72 Å². The summed E-state index contributed by atoms with van der Waals surface area (Å²) in [5.41, 5.74) is 0.769. The van der Waals surface area contributed by atoms with E-state index in [9.17, 15) is 13.2 Å². The van der Waals surface area contributed by atoms with E-state index in [4.69, 9.17) is 10.4 Å². The third kappa shape index (κ3) is 6.38. The molecule has 0 atom stereocenters. The van der Waals surface area contributed by atoms with Gasteiger partial charge in [0.05, 0.1) is 17.4 Å².